The summed E-state index contributed by atoms with van der Waals surface area (Å²) < 4.78 is 1.86. The van der Waals surface area contributed by atoms with Crippen LogP contribution in [-0.4, -0.2) is 73.5 Å². The number of nitrogens with zero attached hydrogens (tertiary/aromatic N) is 5. The molecule has 0 radical (unpaired) electrons. The average molecular weight is 485 g/mol. The fourth-order valence-corrected chi connectivity index (χ4v) is 6.24. The minimum Gasteiger partial charge on any atom is -0.391 e. The van der Waals surface area contributed by atoms with E-state index in [0.29, 0.717) is 5.92 Å². The van der Waals surface area contributed by atoms with Gasteiger partial charge in [-0.1, -0.05) is 36.4 Å². The van der Waals surface area contributed by atoms with E-state index in [-0.39, 0.29) is 12.1 Å². The predicted molar refractivity (Wildman–Crippen MR) is 142 cm³/mol. The van der Waals surface area contributed by atoms with Crippen LogP contribution in [0, 0.1) is 5.92 Å². The van der Waals surface area contributed by atoms with Crippen molar-refractivity contribution in [3.8, 4) is 0 Å². The topological polar surface area (TPSA) is 73.2 Å². The van der Waals surface area contributed by atoms with E-state index in [1.54, 1.807) is 12.7 Å². The van der Waals surface area contributed by atoms with Crippen molar-refractivity contribution in [2.75, 3.05) is 32.7 Å². The Labute approximate surface area is 212 Å². The van der Waals surface area contributed by atoms with Gasteiger partial charge in [0.25, 0.3) is 0 Å². The summed E-state index contributed by atoms with van der Waals surface area (Å²) in [6.45, 7) is 6.29. The summed E-state index contributed by atoms with van der Waals surface area (Å²) >= 11 is 0. The van der Waals surface area contributed by atoms with Crippen molar-refractivity contribution in [2.45, 2.75) is 44.4 Å². The Kier molecular flexibility index (Phi) is 6.86. The zero-order valence-electron chi connectivity index (χ0n) is 20.8. The van der Waals surface area contributed by atoms with Crippen LogP contribution in [-0.2, 0) is 13.0 Å². The van der Waals surface area contributed by atoms with Crippen molar-refractivity contribution in [3.05, 3.63) is 84.1 Å². The van der Waals surface area contributed by atoms with E-state index in [1.807, 2.05) is 4.68 Å². The summed E-state index contributed by atoms with van der Waals surface area (Å²) in [5.41, 5.74) is 5.08. The lowest BCUT2D eigenvalue weighted by atomic mass is 9.91. The smallest absolute Gasteiger partial charge is 0.137 e. The highest BCUT2D eigenvalue weighted by molar-refractivity contribution is 5.83. The van der Waals surface area contributed by atoms with Crippen molar-refractivity contribution < 1.29 is 5.11 Å². The molecule has 4 aromatic rings. The molecule has 6 rings (SSSR count). The molecule has 36 heavy (non-hydrogen) atoms. The average Bonchev–Trinajstić information content (AvgIpc) is 3.65. The number of fused-ring (bicyclic) bond motifs is 1. The number of aliphatic hydroxyl groups is 1. The highest BCUT2D eigenvalue weighted by Crippen LogP contribution is 2.33. The molecular weight excluding hydrogens is 448 g/mol. The van der Waals surface area contributed by atoms with Crippen LogP contribution < -0.4 is 0 Å². The molecular formula is C29H36N6O. The molecule has 0 aliphatic carbocycles. The summed E-state index contributed by atoms with van der Waals surface area (Å²) in [5, 5.41) is 16.4. The van der Waals surface area contributed by atoms with E-state index < -0.39 is 0 Å². The number of rotatable bonds is 8. The first-order valence-electron chi connectivity index (χ1n) is 13.3. The van der Waals surface area contributed by atoms with E-state index in [4.69, 9.17) is 0 Å². The normalized spacial score (nSPS) is 23.5. The van der Waals surface area contributed by atoms with Crippen LogP contribution in [0.15, 0.2) is 67.4 Å². The van der Waals surface area contributed by atoms with Gasteiger partial charge in [0.15, 0.2) is 0 Å². The van der Waals surface area contributed by atoms with Gasteiger partial charge < -0.3 is 15.0 Å². The van der Waals surface area contributed by atoms with Gasteiger partial charge in [0.05, 0.1) is 18.7 Å². The second-order valence-corrected chi connectivity index (χ2v) is 10.6. The highest BCUT2D eigenvalue weighted by atomic mass is 16.3. The van der Waals surface area contributed by atoms with Crippen LogP contribution in [0.5, 0.6) is 0 Å². The minimum atomic E-state index is -0.269. The van der Waals surface area contributed by atoms with Crippen LogP contribution in [0.2, 0.25) is 0 Å². The number of benzene rings is 2. The number of piperidine rings is 1. The van der Waals surface area contributed by atoms with Gasteiger partial charge in [-0.25, -0.2) is 9.67 Å². The van der Waals surface area contributed by atoms with E-state index in [1.165, 1.54) is 34.0 Å². The fourth-order valence-electron chi connectivity index (χ4n) is 6.24. The molecule has 0 saturated carbocycles. The zero-order valence-corrected chi connectivity index (χ0v) is 20.8. The number of nitrogens with one attached hydrogen (secondary N) is 1. The monoisotopic (exact) mass is 484 g/mol. The summed E-state index contributed by atoms with van der Waals surface area (Å²) in [6.07, 6.45) is 9.53. The molecule has 2 aromatic carbocycles. The molecule has 2 aliphatic rings. The van der Waals surface area contributed by atoms with Crippen molar-refractivity contribution >= 4 is 10.9 Å². The standard InChI is InChI=1S/C29H36N6O/c36-28-7-4-12-34(29(28)24-5-2-1-3-6-24)18-23-10-13-33(17-23)14-11-25-16-31-27-9-8-22(15-26(25)27)19-35-21-30-20-32-35/h1-3,5-6,8-9,15-16,20-21,23,28-29,31,36H,4,7,10-14,17-19H2/t23-,28?,29?/m1/s1. The minimum absolute atomic E-state index is 0.131. The van der Waals surface area contributed by atoms with Gasteiger partial charge in [0.1, 0.15) is 12.7 Å². The van der Waals surface area contributed by atoms with Crippen molar-refractivity contribution in [3.63, 3.8) is 0 Å². The number of likely N-dealkylation sites (tertiary alicyclic amines) is 2. The fraction of sp³-hybridized carbons (Fsp3) is 0.448. The van der Waals surface area contributed by atoms with Crippen LogP contribution in [0.25, 0.3) is 10.9 Å². The molecule has 2 aliphatic heterocycles. The lowest BCUT2D eigenvalue weighted by Crippen LogP contribution is -2.44. The van der Waals surface area contributed by atoms with Gasteiger partial charge in [-0.15, -0.1) is 0 Å². The van der Waals surface area contributed by atoms with E-state index in [2.05, 4.69) is 79.6 Å². The van der Waals surface area contributed by atoms with Crippen LogP contribution >= 0.6 is 0 Å². The molecule has 4 heterocycles. The first-order valence-corrected chi connectivity index (χ1v) is 13.3. The Balaban J connectivity index is 1.06. The Bertz CT molecular complexity index is 1250. The number of aromatic amines is 1. The van der Waals surface area contributed by atoms with Crippen LogP contribution in [0.1, 0.15) is 42.0 Å². The molecule has 2 fully saturated rings. The summed E-state index contributed by atoms with van der Waals surface area (Å²) in [7, 11) is 0. The van der Waals surface area contributed by atoms with Gasteiger partial charge >= 0.3 is 0 Å². The Morgan fingerprint density at radius 2 is 1.97 bits per heavy atom. The highest BCUT2D eigenvalue weighted by Gasteiger charge is 2.34. The molecule has 0 bridgehead atoms. The Morgan fingerprint density at radius 3 is 2.83 bits per heavy atom. The molecule has 2 aromatic heterocycles. The number of hydrogen-bond donors (Lipinski definition) is 2. The lowest BCUT2D eigenvalue weighted by molar-refractivity contribution is 0.00252. The van der Waals surface area contributed by atoms with E-state index in [9.17, 15) is 5.11 Å². The molecule has 0 amide bonds. The van der Waals surface area contributed by atoms with Crippen molar-refractivity contribution in [1.29, 1.82) is 0 Å². The zero-order chi connectivity index (χ0) is 24.3. The molecule has 7 nitrogen and oxygen atoms in total. The molecule has 3 atom stereocenters. The molecule has 2 saturated heterocycles. The third-order valence-electron chi connectivity index (χ3n) is 8.05. The molecule has 188 valence electrons. The maximum atomic E-state index is 10.8. The molecule has 7 heteroatoms. The Hall–Kier alpha value is -3.00. The summed E-state index contributed by atoms with van der Waals surface area (Å²) in [4.78, 5) is 12.7. The Morgan fingerprint density at radius 1 is 1.06 bits per heavy atom. The van der Waals surface area contributed by atoms with Crippen LogP contribution in [0.3, 0.4) is 0 Å². The third-order valence-corrected chi connectivity index (χ3v) is 8.05. The first-order chi connectivity index (χ1) is 17.7. The second kappa shape index (κ2) is 10.5. The van der Waals surface area contributed by atoms with Crippen LogP contribution in [0.4, 0.5) is 0 Å². The van der Waals surface area contributed by atoms with E-state index in [0.717, 1.165) is 58.5 Å². The van der Waals surface area contributed by atoms with Gasteiger partial charge in [-0.3, -0.25) is 4.90 Å². The number of hydrogen-bond acceptors (Lipinski definition) is 5. The molecule has 2 unspecified atom stereocenters. The predicted octanol–water partition coefficient (Wildman–Crippen LogP) is 3.87. The largest absolute Gasteiger partial charge is 0.391 e. The van der Waals surface area contributed by atoms with Crippen molar-refractivity contribution in [1.82, 2.24) is 29.5 Å². The second-order valence-electron chi connectivity index (χ2n) is 10.6. The number of aromatic nitrogens is 4. The maximum Gasteiger partial charge on any atom is 0.137 e. The van der Waals surface area contributed by atoms with Crippen molar-refractivity contribution in [2.24, 2.45) is 5.92 Å². The van der Waals surface area contributed by atoms with Gasteiger partial charge in [-0.05, 0) is 73.5 Å². The summed E-state index contributed by atoms with van der Waals surface area (Å²) in [5.74, 6) is 0.666. The van der Waals surface area contributed by atoms with Gasteiger partial charge in [0.2, 0.25) is 0 Å². The first kappa shape index (κ1) is 23.4. The SMILES string of the molecule is OC1CCCN(C[C@@H]2CCN(CCc3c[nH]c4ccc(Cn5cncn5)cc34)C2)C1c1ccccc1. The maximum absolute atomic E-state index is 10.8. The third kappa shape index (κ3) is 5.09. The molecule has 2 N–H and O–H groups in total. The molecule has 0 spiro atoms. The lowest BCUT2D eigenvalue weighted by Gasteiger charge is -2.40. The summed E-state index contributed by atoms with van der Waals surface area (Å²) in [6, 6.07) is 17.3. The number of H-pyrrole nitrogens is 1. The quantitative estimate of drug-likeness (QED) is 0.397. The van der Waals surface area contributed by atoms with Gasteiger partial charge in [-0.2, -0.15) is 5.10 Å². The number of aliphatic hydroxyl groups excluding tert-OH is 1. The van der Waals surface area contributed by atoms with E-state index >= 15 is 0 Å². The van der Waals surface area contributed by atoms with Gasteiger partial charge in [0, 0.05) is 36.7 Å².